The highest BCUT2D eigenvalue weighted by Gasteiger charge is 2.23. The molecule has 178 valence electrons. The Bertz CT molecular complexity index is 1170. The molecule has 0 aliphatic rings. The summed E-state index contributed by atoms with van der Waals surface area (Å²) >= 11 is 0. The lowest BCUT2D eigenvalue weighted by Gasteiger charge is -2.28. The summed E-state index contributed by atoms with van der Waals surface area (Å²) in [6.45, 7) is 8.18. The van der Waals surface area contributed by atoms with Gasteiger partial charge in [-0.05, 0) is 69.5 Å². The Balaban J connectivity index is 1.62. The van der Waals surface area contributed by atoms with E-state index >= 15 is 0 Å². The van der Waals surface area contributed by atoms with Gasteiger partial charge in [-0.3, -0.25) is 0 Å². The monoisotopic (exact) mass is 463 g/mol. The highest BCUT2D eigenvalue weighted by molar-refractivity contribution is 5.88. The average molecular weight is 464 g/mol. The molecule has 8 nitrogen and oxygen atoms in total. The number of nitriles is 1. The summed E-state index contributed by atoms with van der Waals surface area (Å²) in [7, 11) is 0. The molecule has 0 fully saturated rings. The zero-order valence-electron chi connectivity index (χ0n) is 19.8. The summed E-state index contributed by atoms with van der Waals surface area (Å²) in [6, 6.07) is 13.7. The minimum atomic E-state index is -0.993. The molecular formula is C26H29N3O5. The van der Waals surface area contributed by atoms with Crippen LogP contribution in [0.1, 0.15) is 46.8 Å². The molecule has 3 aromatic rings. The maximum atomic E-state index is 11.1. The van der Waals surface area contributed by atoms with Gasteiger partial charge in [0.15, 0.2) is 0 Å². The summed E-state index contributed by atoms with van der Waals surface area (Å²) in [6.07, 6.45) is -0.0998. The minimum absolute atomic E-state index is 0.00445. The van der Waals surface area contributed by atoms with Gasteiger partial charge in [-0.1, -0.05) is 23.4 Å². The second-order valence-electron chi connectivity index (χ2n) is 8.91. The number of aryl methyl sites for hydroxylation is 2. The average Bonchev–Trinajstić information content (AvgIpc) is 3.13. The lowest BCUT2D eigenvalue weighted by Crippen LogP contribution is -2.46. The van der Waals surface area contributed by atoms with Gasteiger partial charge in [0, 0.05) is 17.6 Å². The van der Waals surface area contributed by atoms with Crippen LogP contribution in [0, 0.1) is 25.2 Å². The highest BCUT2D eigenvalue weighted by atomic mass is 16.5. The van der Waals surface area contributed by atoms with E-state index in [2.05, 4.69) is 16.5 Å². The van der Waals surface area contributed by atoms with Crippen LogP contribution in [0.5, 0.6) is 5.75 Å². The predicted octanol–water partition coefficient (Wildman–Crippen LogP) is 3.88. The molecule has 0 aliphatic heterocycles. The van der Waals surface area contributed by atoms with E-state index in [0.29, 0.717) is 24.3 Å². The van der Waals surface area contributed by atoms with Crippen LogP contribution in [0.4, 0.5) is 0 Å². The van der Waals surface area contributed by atoms with Crippen LogP contribution in [0.2, 0.25) is 0 Å². The summed E-state index contributed by atoms with van der Waals surface area (Å²) in [4.78, 5) is 11.1. The fraction of sp³-hybridized carbons (Fsp3) is 0.346. The molecule has 0 aliphatic carbocycles. The highest BCUT2D eigenvalue weighted by Crippen LogP contribution is 2.28. The lowest BCUT2D eigenvalue weighted by atomic mass is 9.93. The molecular weight excluding hydrogens is 434 g/mol. The Morgan fingerprint density at radius 2 is 1.88 bits per heavy atom. The standard InChI is InChI=1S/C26H29N3O5/c1-16-23(17(2)34-29-16)12-26(3,4)28-14-22(30)15-33-24-11-20(9-10-21(24)13-27)18-5-7-19(8-6-18)25(31)32/h5-11,22,28,30H,12,14-15H2,1-4H3,(H,31,32)/t22-/m1/s1. The maximum absolute atomic E-state index is 11.1. The van der Waals surface area contributed by atoms with E-state index in [1.165, 1.54) is 12.1 Å². The van der Waals surface area contributed by atoms with Gasteiger partial charge in [-0.25, -0.2) is 4.79 Å². The van der Waals surface area contributed by atoms with Crippen molar-refractivity contribution >= 4 is 5.97 Å². The number of nitrogens with zero attached hydrogens (tertiary/aromatic N) is 2. The van der Waals surface area contributed by atoms with E-state index in [0.717, 1.165) is 28.1 Å². The second-order valence-corrected chi connectivity index (χ2v) is 8.91. The summed E-state index contributed by atoms with van der Waals surface area (Å²) in [5.74, 6) is 0.155. The van der Waals surface area contributed by atoms with E-state index in [9.17, 15) is 15.2 Å². The number of aromatic nitrogens is 1. The Kier molecular flexibility index (Phi) is 7.72. The number of nitrogens with one attached hydrogen (secondary N) is 1. The Morgan fingerprint density at radius 3 is 2.47 bits per heavy atom. The smallest absolute Gasteiger partial charge is 0.335 e. The number of carbonyl (C=O) groups is 1. The van der Waals surface area contributed by atoms with E-state index in [-0.39, 0.29) is 17.7 Å². The molecule has 3 N–H and O–H groups in total. The number of aliphatic hydroxyl groups excluding tert-OH is 1. The van der Waals surface area contributed by atoms with Crippen molar-refractivity contribution in [2.75, 3.05) is 13.2 Å². The van der Waals surface area contributed by atoms with Crippen LogP contribution >= 0.6 is 0 Å². The number of ether oxygens (including phenoxy) is 1. The van der Waals surface area contributed by atoms with Gasteiger partial charge in [0.05, 0.1) is 16.8 Å². The van der Waals surface area contributed by atoms with Gasteiger partial charge in [0.1, 0.15) is 30.3 Å². The number of hydrogen-bond acceptors (Lipinski definition) is 7. The molecule has 0 spiro atoms. The van der Waals surface area contributed by atoms with Crippen molar-refractivity contribution in [2.45, 2.75) is 45.8 Å². The summed E-state index contributed by atoms with van der Waals surface area (Å²) < 4.78 is 11.0. The van der Waals surface area contributed by atoms with Crippen molar-refractivity contribution < 1.29 is 24.3 Å². The Hall–Kier alpha value is -3.67. The van der Waals surface area contributed by atoms with Crippen LogP contribution in [-0.4, -0.2) is 46.1 Å². The number of aromatic carboxylic acids is 1. The number of carboxylic acid groups (broad SMARTS) is 1. The molecule has 0 unspecified atom stereocenters. The number of rotatable bonds is 10. The topological polar surface area (TPSA) is 129 Å². The number of carboxylic acids is 1. The molecule has 3 rings (SSSR count). The summed E-state index contributed by atoms with van der Waals surface area (Å²) in [5.41, 5.74) is 3.73. The first-order chi connectivity index (χ1) is 16.1. The van der Waals surface area contributed by atoms with Gasteiger partial charge in [-0.2, -0.15) is 5.26 Å². The normalized spacial score (nSPS) is 12.2. The second kappa shape index (κ2) is 10.5. The van der Waals surface area contributed by atoms with E-state index < -0.39 is 12.1 Å². The SMILES string of the molecule is Cc1noc(C)c1CC(C)(C)NC[C@@H](O)COc1cc(-c2ccc(C(=O)O)cc2)ccc1C#N. The summed E-state index contributed by atoms with van der Waals surface area (Å²) in [5, 5.41) is 36.3. The zero-order chi connectivity index (χ0) is 24.9. The van der Waals surface area contributed by atoms with Crippen LogP contribution in [-0.2, 0) is 6.42 Å². The van der Waals surface area contributed by atoms with Crippen LogP contribution < -0.4 is 10.1 Å². The van der Waals surface area contributed by atoms with Gasteiger partial charge >= 0.3 is 5.97 Å². The largest absolute Gasteiger partial charge is 0.489 e. The van der Waals surface area contributed by atoms with Crippen LogP contribution in [0.25, 0.3) is 11.1 Å². The fourth-order valence-corrected chi connectivity index (χ4v) is 3.62. The molecule has 0 amide bonds. The minimum Gasteiger partial charge on any atom is -0.489 e. The quantitative estimate of drug-likeness (QED) is 0.413. The number of hydrogen-bond donors (Lipinski definition) is 3. The van der Waals surface area contributed by atoms with E-state index in [1.807, 2.05) is 27.7 Å². The van der Waals surface area contributed by atoms with Gasteiger partial charge in [0.25, 0.3) is 0 Å². The number of aliphatic hydroxyl groups is 1. The Morgan fingerprint density at radius 1 is 1.21 bits per heavy atom. The van der Waals surface area contributed by atoms with Crippen LogP contribution in [0.3, 0.4) is 0 Å². The van der Waals surface area contributed by atoms with Crippen molar-refractivity contribution in [1.82, 2.24) is 10.5 Å². The molecule has 1 atom stereocenters. The third kappa shape index (κ3) is 6.22. The van der Waals surface area contributed by atoms with Crippen molar-refractivity contribution in [3.8, 4) is 22.9 Å². The lowest BCUT2D eigenvalue weighted by molar-refractivity contribution is 0.0697. The molecule has 2 aromatic carbocycles. The number of β-amino-alcohol motifs (C(OH)–C–C–N with tert-alkyl or cyclic N) is 1. The molecule has 0 saturated carbocycles. The Labute approximate surface area is 198 Å². The molecule has 1 heterocycles. The van der Waals surface area contributed by atoms with Gasteiger partial charge < -0.3 is 24.8 Å². The first-order valence-corrected chi connectivity index (χ1v) is 10.9. The van der Waals surface area contributed by atoms with Crippen molar-refractivity contribution in [3.63, 3.8) is 0 Å². The third-order valence-electron chi connectivity index (χ3n) is 5.61. The van der Waals surface area contributed by atoms with Crippen molar-refractivity contribution in [2.24, 2.45) is 0 Å². The zero-order valence-corrected chi connectivity index (χ0v) is 19.8. The molecule has 1 aromatic heterocycles. The van der Waals surface area contributed by atoms with E-state index in [1.54, 1.807) is 30.3 Å². The molecule has 0 bridgehead atoms. The van der Waals surface area contributed by atoms with Crippen LogP contribution in [0.15, 0.2) is 47.0 Å². The molecule has 8 heteroatoms. The predicted molar refractivity (Wildman–Crippen MR) is 127 cm³/mol. The van der Waals surface area contributed by atoms with Gasteiger partial charge in [0.2, 0.25) is 0 Å². The number of benzene rings is 2. The molecule has 0 saturated heterocycles. The van der Waals surface area contributed by atoms with E-state index in [4.69, 9.17) is 14.4 Å². The van der Waals surface area contributed by atoms with Gasteiger partial charge in [-0.15, -0.1) is 0 Å². The van der Waals surface area contributed by atoms with Crippen molar-refractivity contribution in [1.29, 1.82) is 5.26 Å². The fourth-order valence-electron chi connectivity index (χ4n) is 3.62. The molecule has 34 heavy (non-hydrogen) atoms. The first kappa shape index (κ1) is 25.0. The van der Waals surface area contributed by atoms with Crippen molar-refractivity contribution in [3.05, 3.63) is 70.6 Å². The maximum Gasteiger partial charge on any atom is 0.335 e. The molecule has 0 radical (unpaired) electrons. The first-order valence-electron chi connectivity index (χ1n) is 10.9. The third-order valence-corrected chi connectivity index (χ3v) is 5.61.